The minimum absolute atomic E-state index is 0.172. The van der Waals surface area contributed by atoms with E-state index in [1.165, 1.54) is 4.90 Å². The molecule has 0 spiro atoms. The number of rotatable bonds is 11. The zero-order valence-electron chi connectivity index (χ0n) is 20.8. The van der Waals surface area contributed by atoms with Crippen molar-refractivity contribution >= 4 is 29.5 Å². The fourth-order valence-electron chi connectivity index (χ4n) is 3.63. The molecular formula is C27H30N2O7. The van der Waals surface area contributed by atoms with Crippen LogP contribution < -0.4 is 14.8 Å². The zero-order chi connectivity index (χ0) is 26.1. The average molecular weight is 495 g/mol. The van der Waals surface area contributed by atoms with Crippen LogP contribution in [0.5, 0.6) is 11.5 Å². The van der Waals surface area contributed by atoms with Crippen molar-refractivity contribution in [3.63, 3.8) is 0 Å². The fraction of sp³-hybridized carbons (Fsp3) is 0.296. The Hall–Kier alpha value is -4.11. The molecule has 0 saturated heterocycles. The lowest BCUT2D eigenvalue weighted by Crippen LogP contribution is -2.28. The molecule has 1 heterocycles. The maximum atomic E-state index is 13.1. The molecule has 2 amide bonds. The van der Waals surface area contributed by atoms with Gasteiger partial charge in [-0.05, 0) is 61.9 Å². The summed E-state index contributed by atoms with van der Waals surface area (Å²) in [6.07, 6.45) is 1.64. The number of hydrogen-bond acceptors (Lipinski definition) is 7. The third kappa shape index (κ3) is 6.51. The van der Waals surface area contributed by atoms with E-state index in [0.29, 0.717) is 41.6 Å². The Morgan fingerprint density at radius 3 is 2.28 bits per heavy atom. The van der Waals surface area contributed by atoms with Crippen molar-refractivity contribution in [2.75, 3.05) is 45.9 Å². The van der Waals surface area contributed by atoms with E-state index in [4.69, 9.17) is 18.9 Å². The van der Waals surface area contributed by atoms with E-state index >= 15 is 0 Å². The number of hydrogen-bond donors (Lipinski definition) is 1. The molecule has 9 nitrogen and oxygen atoms in total. The van der Waals surface area contributed by atoms with E-state index in [9.17, 15) is 14.4 Å². The van der Waals surface area contributed by atoms with Crippen LogP contribution in [-0.4, -0.2) is 63.3 Å². The minimum atomic E-state index is -0.544. The van der Waals surface area contributed by atoms with Gasteiger partial charge < -0.3 is 29.2 Å². The molecule has 1 N–H and O–H groups in total. The molecule has 0 radical (unpaired) electrons. The summed E-state index contributed by atoms with van der Waals surface area (Å²) in [5.41, 5.74) is 2.36. The van der Waals surface area contributed by atoms with Gasteiger partial charge in [0.2, 0.25) is 0 Å². The molecule has 0 atom stereocenters. The second kappa shape index (κ2) is 12.6. The summed E-state index contributed by atoms with van der Waals surface area (Å²) >= 11 is 0. The van der Waals surface area contributed by atoms with Crippen molar-refractivity contribution in [1.29, 1.82) is 0 Å². The second-order valence-corrected chi connectivity index (χ2v) is 7.82. The summed E-state index contributed by atoms with van der Waals surface area (Å²) < 4.78 is 20.9. The Kier molecular flexibility index (Phi) is 9.24. The Labute approximate surface area is 210 Å². The predicted octanol–water partition coefficient (Wildman–Crippen LogP) is 3.42. The number of carbonyl (C=O) groups is 3. The van der Waals surface area contributed by atoms with Gasteiger partial charge in [-0.15, -0.1) is 0 Å². The van der Waals surface area contributed by atoms with Crippen LogP contribution in [0.3, 0.4) is 0 Å². The van der Waals surface area contributed by atoms with Crippen molar-refractivity contribution < 1.29 is 33.3 Å². The third-order valence-corrected chi connectivity index (χ3v) is 5.44. The number of esters is 1. The smallest absolute Gasteiger partial charge is 0.340 e. The van der Waals surface area contributed by atoms with Gasteiger partial charge in [0, 0.05) is 25.0 Å². The van der Waals surface area contributed by atoms with Crippen LogP contribution in [0, 0.1) is 0 Å². The number of ether oxygens (including phenoxy) is 4. The lowest BCUT2D eigenvalue weighted by molar-refractivity contribution is -0.138. The summed E-state index contributed by atoms with van der Waals surface area (Å²) in [5, 5.41) is 2.75. The zero-order valence-corrected chi connectivity index (χ0v) is 20.8. The first kappa shape index (κ1) is 26.5. The fourth-order valence-corrected chi connectivity index (χ4v) is 3.63. The largest absolute Gasteiger partial charge is 0.497 e. The summed E-state index contributed by atoms with van der Waals surface area (Å²) in [6, 6.07) is 13.8. The standard InChI is InChI=1S/C27H30N2O7/c1-5-35-27(32)25-18(2)29(14-15-33-3)26(31)23(25)16-19-6-10-22(11-7-19)36-17-24(30)28-20-8-12-21(34-4)13-9-20/h6-13,16H,5,14-15,17H2,1-4H3,(H,28,30)/b23-16-. The highest BCUT2D eigenvalue weighted by atomic mass is 16.5. The first-order valence-corrected chi connectivity index (χ1v) is 11.5. The Morgan fingerprint density at radius 1 is 1.00 bits per heavy atom. The number of carbonyl (C=O) groups excluding carboxylic acids is 3. The van der Waals surface area contributed by atoms with Gasteiger partial charge in [0.25, 0.3) is 11.8 Å². The second-order valence-electron chi connectivity index (χ2n) is 7.82. The Balaban J connectivity index is 1.68. The molecule has 0 bridgehead atoms. The molecule has 3 rings (SSSR count). The van der Waals surface area contributed by atoms with Crippen LogP contribution in [0.1, 0.15) is 19.4 Å². The summed E-state index contributed by atoms with van der Waals surface area (Å²) in [7, 11) is 3.12. The Bertz CT molecular complexity index is 1150. The minimum Gasteiger partial charge on any atom is -0.497 e. The highest BCUT2D eigenvalue weighted by molar-refractivity contribution is 6.16. The molecule has 0 saturated carbocycles. The normalized spacial score (nSPS) is 14.3. The van der Waals surface area contributed by atoms with Gasteiger partial charge in [-0.25, -0.2) is 4.79 Å². The number of allylic oxidation sites excluding steroid dienone is 1. The third-order valence-electron chi connectivity index (χ3n) is 5.44. The molecular weight excluding hydrogens is 464 g/mol. The van der Waals surface area contributed by atoms with Gasteiger partial charge in [0.15, 0.2) is 6.61 Å². The number of nitrogens with one attached hydrogen (secondary N) is 1. The van der Waals surface area contributed by atoms with Crippen molar-refractivity contribution in [3.05, 3.63) is 70.9 Å². The van der Waals surface area contributed by atoms with Gasteiger partial charge in [0.1, 0.15) is 11.5 Å². The van der Waals surface area contributed by atoms with Crippen molar-refractivity contribution in [3.8, 4) is 11.5 Å². The average Bonchev–Trinajstić information content (AvgIpc) is 3.11. The number of nitrogens with zero attached hydrogens (tertiary/aromatic N) is 1. The van der Waals surface area contributed by atoms with Crippen LogP contribution in [0.15, 0.2) is 65.4 Å². The first-order valence-electron chi connectivity index (χ1n) is 11.5. The molecule has 2 aromatic rings. The van der Waals surface area contributed by atoms with E-state index in [0.717, 1.165) is 0 Å². The van der Waals surface area contributed by atoms with Crippen molar-refractivity contribution in [2.24, 2.45) is 0 Å². The predicted molar refractivity (Wildman–Crippen MR) is 134 cm³/mol. The molecule has 36 heavy (non-hydrogen) atoms. The van der Waals surface area contributed by atoms with Gasteiger partial charge in [-0.3, -0.25) is 9.59 Å². The van der Waals surface area contributed by atoms with Crippen LogP contribution >= 0.6 is 0 Å². The highest BCUT2D eigenvalue weighted by Gasteiger charge is 2.36. The number of benzene rings is 2. The number of methoxy groups -OCH3 is 2. The lowest BCUT2D eigenvalue weighted by atomic mass is 10.0. The van der Waals surface area contributed by atoms with Gasteiger partial charge in [-0.1, -0.05) is 12.1 Å². The topological polar surface area (TPSA) is 103 Å². The molecule has 0 unspecified atom stereocenters. The highest BCUT2D eigenvalue weighted by Crippen LogP contribution is 2.31. The van der Waals surface area contributed by atoms with Gasteiger partial charge in [0.05, 0.1) is 31.5 Å². The van der Waals surface area contributed by atoms with Crippen LogP contribution in [0.25, 0.3) is 6.08 Å². The van der Waals surface area contributed by atoms with Crippen LogP contribution in [0.2, 0.25) is 0 Å². The number of anilines is 1. The first-order chi connectivity index (χ1) is 17.4. The van der Waals surface area contributed by atoms with E-state index in [-0.39, 0.29) is 36.2 Å². The molecule has 2 aromatic carbocycles. The molecule has 190 valence electrons. The summed E-state index contributed by atoms with van der Waals surface area (Å²) in [4.78, 5) is 39.3. The van der Waals surface area contributed by atoms with E-state index in [1.54, 1.807) is 82.7 Å². The quantitative estimate of drug-likeness (QED) is 0.377. The SMILES string of the molecule is CCOC(=O)C1=C(C)N(CCOC)C(=O)/C1=C\c1ccc(OCC(=O)Nc2ccc(OC)cc2)cc1. The molecule has 0 aliphatic carbocycles. The summed E-state index contributed by atoms with van der Waals surface area (Å²) in [6.45, 7) is 4.13. The molecule has 1 aliphatic heterocycles. The van der Waals surface area contributed by atoms with E-state index in [2.05, 4.69) is 5.32 Å². The number of amides is 2. The van der Waals surface area contributed by atoms with Gasteiger partial charge >= 0.3 is 5.97 Å². The molecule has 0 fully saturated rings. The molecule has 9 heteroatoms. The maximum absolute atomic E-state index is 13.1. The van der Waals surface area contributed by atoms with Gasteiger partial charge in [-0.2, -0.15) is 0 Å². The van der Waals surface area contributed by atoms with E-state index < -0.39 is 5.97 Å². The lowest BCUT2D eigenvalue weighted by Gasteiger charge is -2.16. The molecule has 1 aliphatic rings. The Morgan fingerprint density at radius 2 is 1.67 bits per heavy atom. The van der Waals surface area contributed by atoms with Crippen molar-refractivity contribution in [2.45, 2.75) is 13.8 Å². The summed E-state index contributed by atoms with van der Waals surface area (Å²) in [5.74, 6) is 0.0411. The van der Waals surface area contributed by atoms with Crippen LogP contribution in [0.4, 0.5) is 5.69 Å². The van der Waals surface area contributed by atoms with Crippen LogP contribution in [-0.2, 0) is 23.9 Å². The maximum Gasteiger partial charge on any atom is 0.340 e. The van der Waals surface area contributed by atoms with E-state index in [1.807, 2.05) is 0 Å². The van der Waals surface area contributed by atoms with Crippen molar-refractivity contribution in [1.82, 2.24) is 4.90 Å². The molecule has 0 aromatic heterocycles. The monoisotopic (exact) mass is 494 g/mol.